The van der Waals surface area contributed by atoms with E-state index in [0.717, 1.165) is 6.42 Å². The minimum absolute atomic E-state index is 0.176. The molecule has 5 heteroatoms. The van der Waals surface area contributed by atoms with Gasteiger partial charge in [-0.15, -0.1) is 11.8 Å². The predicted octanol–water partition coefficient (Wildman–Crippen LogP) is 1.47. The smallest absolute Gasteiger partial charge is 0.151 e. The van der Waals surface area contributed by atoms with E-state index in [1.165, 1.54) is 10.5 Å². The number of benzene rings is 1. The normalized spacial score (nSPS) is 19.2. The lowest BCUT2D eigenvalue weighted by Crippen LogP contribution is -2.21. The fourth-order valence-corrected chi connectivity index (χ4v) is 5.45. The van der Waals surface area contributed by atoms with E-state index in [-0.39, 0.29) is 16.8 Å². The average Bonchev–Trinajstić information content (AvgIpc) is 2.67. The first-order valence-corrected chi connectivity index (χ1v) is 8.46. The molecule has 1 aliphatic heterocycles. The zero-order valence-corrected chi connectivity index (χ0v) is 11.3. The van der Waals surface area contributed by atoms with Crippen LogP contribution in [0.1, 0.15) is 12.0 Å². The Morgan fingerprint density at radius 1 is 1.35 bits per heavy atom. The van der Waals surface area contributed by atoms with E-state index in [0.29, 0.717) is 13.0 Å². The molecule has 2 rings (SSSR count). The highest BCUT2D eigenvalue weighted by Gasteiger charge is 2.26. The van der Waals surface area contributed by atoms with E-state index in [1.807, 2.05) is 12.1 Å². The molecule has 1 unspecified atom stereocenters. The van der Waals surface area contributed by atoms with E-state index in [4.69, 9.17) is 5.73 Å². The summed E-state index contributed by atoms with van der Waals surface area (Å²) in [5.41, 5.74) is 6.62. The molecule has 0 spiro atoms. The Balaban J connectivity index is 1.96. The van der Waals surface area contributed by atoms with Gasteiger partial charge in [0.05, 0.1) is 11.5 Å². The van der Waals surface area contributed by atoms with Gasteiger partial charge in [-0.05, 0) is 31.0 Å². The number of thioether (sulfide) groups is 1. The van der Waals surface area contributed by atoms with E-state index < -0.39 is 9.84 Å². The zero-order valence-electron chi connectivity index (χ0n) is 9.63. The van der Waals surface area contributed by atoms with Crippen LogP contribution in [-0.2, 0) is 16.3 Å². The predicted molar refractivity (Wildman–Crippen MR) is 72.1 cm³/mol. The molecule has 0 saturated heterocycles. The number of hydrogen-bond donors (Lipinski definition) is 1. The van der Waals surface area contributed by atoms with Crippen LogP contribution in [0.5, 0.6) is 0 Å². The van der Waals surface area contributed by atoms with Crippen molar-refractivity contribution < 1.29 is 8.42 Å². The molecule has 94 valence electrons. The second-order valence-corrected chi connectivity index (χ2v) is 7.88. The lowest BCUT2D eigenvalue weighted by atomic mass is 10.1. The van der Waals surface area contributed by atoms with Crippen molar-refractivity contribution in [3.05, 3.63) is 29.8 Å². The van der Waals surface area contributed by atoms with Crippen molar-refractivity contribution in [3.8, 4) is 0 Å². The molecule has 3 nitrogen and oxygen atoms in total. The highest BCUT2D eigenvalue weighted by atomic mass is 32.2. The van der Waals surface area contributed by atoms with Crippen molar-refractivity contribution in [2.75, 3.05) is 18.1 Å². The fraction of sp³-hybridized carbons (Fsp3) is 0.500. The van der Waals surface area contributed by atoms with Gasteiger partial charge in [0.25, 0.3) is 0 Å². The summed E-state index contributed by atoms with van der Waals surface area (Å²) in [6.07, 6.45) is 1.43. The maximum Gasteiger partial charge on any atom is 0.151 e. The van der Waals surface area contributed by atoms with Crippen molar-refractivity contribution in [1.82, 2.24) is 0 Å². The van der Waals surface area contributed by atoms with E-state index >= 15 is 0 Å². The van der Waals surface area contributed by atoms with Gasteiger partial charge in [0.1, 0.15) is 0 Å². The Labute approximate surface area is 107 Å². The molecule has 0 saturated carbocycles. The maximum absolute atomic E-state index is 11.8. The van der Waals surface area contributed by atoms with E-state index in [2.05, 4.69) is 12.1 Å². The van der Waals surface area contributed by atoms with Gasteiger partial charge in [0, 0.05) is 10.1 Å². The number of hydrogen-bond acceptors (Lipinski definition) is 4. The minimum atomic E-state index is -2.95. The van der Waals surface area contributed by atoms with Gasteiger partial charge in [-0.25, -0.2) is 8.42 Å². The monoisotopic (exact) mass is 271 g/mol. The second-order valence-electron chi connectivity index (χ2n) is 4.31. The van der Waals surface area contributed by atoms with Gasteiger partial charge in [-0.1, -0.05) is 18.2 Å². The largest absolute Gasteiger partial charge is 0.330 e. The Morgan fingerprint density at radius 3 is 2.82 bits per heavy atom. The molecule has 0 radical (unpaired) electrons. The summed E-state index contributed by atoms with van der Waals surface area (Å²) in [6, 6.07) is 8.14. The zero-order chi connectivity index (χ0) is 12.3. The first kappa shape index (κ1) is 12.9. The molecule has 0 fully saturated rings. The number of sulfone groups is 1. The van der Waals surface area contributed by atoms with E-state index in [9.17, 15) is 8.42 Å². The first-order valence-electron chi connectivity index (χ1n) is 5.76. The van der Waals surface area contributed by atoms with Crippen LogP contribution in [0, 0.1) is 0 Å². The highest BCUT2D eigenvalue weighted by molar-refractivity contribution is 8.01. The summed E-state index contributed by atoms with van der Waals surface area (Å²) >= 11 is 1.69. The third-order valence-corrected chi connectivity index (χ3v) is 6.16. The Hall–Kier alpha value is -0.520. The van der Waals surface area contributed by atoms with Crippen LogP contribution in [-0.4, -0.2) is 31.7 Å². The SMILES string of the molecule is NCCCS(=O)(=O)CC1Cc2ccccc2S1. The Kier molecular flexibility index (Phi) is 4.12. The van der Waals surface area contributed by atoms with Crippen LogP contribution < -0.4 is 5.73 Å². The quantitative estimate of drug-likeness (QED) is 0.881. The van der Waals surface area contributed by atoms with Crippen LogP contribution >= 0.6 is 11.8 Å². The van der Waals surface area contributed by atoms with Crippen LogP contribution in [0.4, 0.5) is 0 Å². The third-order valence-electron chi connectivity index (χ3n) is 2.81. The topological polar surface area (TPSA) is 60.2 Å². The summed E-state index contributed by atoms with van der Waals surface area (Å²) in [5.74, 6) is 0.489. The molecule has 1 atom stereocenters. The van der Waals surface area contributed by atoms with Crippen LogP contribution in [0.2, 0.25) is 0 Å². The molecule has 17 heavy (non-hydrogen) atoms. The van der Waals surface area contributed by atoms with Crippen LogP contribution in [0.15, 0.2) is 29.2 Å². The number of fused-ring (bicyclic) bond motifs is 1. The third kappa shape index (κ3) is 3.47. The van der Waals surface area contributed by atoms with Gasteiger partial charge in [0.2, 0.25) is 0 Å². The first-order chi connectivity index (χ1) is 8.11. The molecule has 0 amide bonds. The highest BCUT2D eigenvalue weighted by Crippen LogP contribution is 2.37. The molecule has 1 aromatic rings. The van der Waals surface area contributed by atoms with Crippen molar-refractivity contribution in [3.63, 3.8) is 0 Å². The minimum Gasteiger partial charge on any atom is -0.330 e. The van der Waals surface area contributed by atoms with Crippen LogP contribution in [0.25, 0.3) is 0 Å². The summed E-state index contributed by atoms with van der Waals surface area (Å²) in [4.78, 5) is 1.23. The molecule has 1 heterocycles. The van der Waals surface area contributed by atoms with Gasteiger partial charge >= 0.3 is 0 Å². The van der Waals surface area contributed by atoms with Crippen molar-refractivity contribution in [1.29, 1.82) is 0 Å². The van der Waals surface area contributed by atoms with Crippen molar-refractivity contribution in [2.24, 2.45) is 5.73 Å². The average molecular weight is 271 g/mol. The van der Waals surface area contributed by atoms with Crippen molar-refractivity contribution >= 4 is 21.6 Å². The lowest BCUT2D eigenvalue weighted by Gasteiger charge is -2.08. The van der Waals surface area contributed by atoms with Gasteiger partial charge in [-0.3, -0.25) is 0 Å². The van der Waals surface area contributed by atoms with Gasteiger partial charge < -0.3 is 5.73 Å². The lowest BCUT2D eigenvalue weighted by molar-refractivity contribution is 0.592. The van der Waals surface area contributed by atoms with Gasteiger partial charge in [-0.2, -0.15) is 0 Å². The summed E-state index contributed by atoms with van der Waals surface area (Å²) < 4.78 is 23.7. The van der Waals surface area contributed by atoms with Crippen molar-refractivity contribution in [2.45, 2.75) is 23.0 Å². The molecule has 0 aromatic heterocycles. The standard InChI is InChI=1S/C12H17NO2S2/c13-6-3-7-17(14,15)9-11-8-10-4-1-2-5-12(10)16-11/h1-2,4-5,11H,3,6-9,13H2. The Bertz CT molecular complexity index is 460. The summed E-state index contributed by atoms with van der Waals surface area (Å²) in [7, 11) is -2.95. The molecule has 0 bridgehead atoms. The summed E-state index contributed by atoms with van der Waals surface area (Å²) in [5, 5.41) is 0.176. The van der Waals surface area contributed by atoms with Gasteiger partial charge in [0.15, 0.2) is 9.84 Å². The molecular weight excluding hydrogens is 254 g/mol. The molecule has 1 aliphatic rings. The summed E-state index contributed by atoms with van der Waals surface area (Å²) in [6.45, 7) is 0.442. The molecular formula is C12H17NO2S2. The second kappa shape index (κ2) is 5.42. The molecule has 2 N–H and O–H groups in total. The molecule has 1 aromatic carbocycles. The Morgan fingerprint density at radius 2 is 2.12 bits per heavy atom. The fourth-order valence-electron chi connectivity index (χ4n) is 2.02. The molecule has 0 aliphatic carbocycles. The maximum atomic E-state index is 11.8. The number of nitrogens with two attached hydrogens (primary N) is 1. The number of rotatable bonds is 5. The van der Waals surface area contributed by atoms with E-state index in [1.54, 1.807) is 11.8 Å². The van der Waals surface area contributed by atoms with Crippen LogP contribution in [0.3, 0.4) is 0 Å².